The normalized spacial score (nSPS) is 10.5. The summed E-state index contributed by atoms with van der Waals surface area (Å²) in [5.41, 5.74) is 8.10. The molecule has 0 aliphatic rings. The van der Waals surface area contributed by atoms with Gasteiger partial charge in [0.25, 0.3) is 0 Å². The standard InChI is InChI=1S/C9H17N3/c1-3-5-6-8-7(4-2)9(10)12-11-8/h3-6H2,1-2H3,(H3,10,11,12). The molecule has 0 saturated carbocycles. The summed E-state index contributed by atoms with van der Waals surface area (Å²) in [6.45, 7) is 4.29. The highest BCUT2D eigenvalue weighted by Crippen LogP contribution is 2.15. The van der Waals surface area contributed by atoms with Crippen LogP contribution < -0.4 is 5.73 Å². The van der Waals surface area contributed by atoms with Crippen LogP contribution in [0.2, 0.25) is 0 Å². The Bertz CT molecular complexity index is 240. The zero-order chi connectivity index (χ0) is 8.97. The van der Waals surface area contributed by atoms with E-state index in [0.29, 0.717) is 5.82 Å². The maximum absolute atomic E-state index is 5.68. The van der Waals surface area contributed by atoms with Crippen LogP contribution in [0.3, 0.4) is 0 Å². The Morgan fingerprint density at radius 3 is 2.75 bits per heavy atom. The molecule has 3 heteroatoms. The second kappa shape index (κ2) is 4.14. The molecular weight excluding hydrogens is 150 g/mol. The number of H-pyrrole nitrogens is 1. The lowest BCUT2D eigenvalue weighted by molar-refractivity contribution is 0.765. The summed E-state index contributed by atoms with van der Waals surface area (Å²) in [5.74, 6) is 0.670. The average Bonchev–Trinajstić information content (AvgIpc) is 2.43. The van der Waals surface area contributed by atoms with E-state index in [2.05, 4.69) is 24.0 Å². The molecule has 0 amide bonds. The first-order chi connectivity index (χ1) is 5.79. The SMILES string of the molecule is CCCCc1[nH]nc(N)c1CC. The van der Waals surface area contributed by atoms with Gasteiger partial charge in [-0.05, 0) is 19.3 Å². The quantitative estimate of drug-likeness (QED) is 0.719. The van der Waals surface area contributed by atoms with Crippen molar-refractivity contribution < 1.29 is 0 Å². The zero-order valence-corrected chi connectivity index (χ0v) is 7.85. The van der Waals surface area contributed by atoms with E-state index in [1.807, 2.05) is 0 Å². The molecule has 1 aromatic heterocycles. The number of nitrogen functional groups attached to an aromatic ring is 1. The Kier molecular flexibility index (Phi) is 3.14. The van der Waals surface area contributed by atoms with Crippen LogP contribution in [-0.2, 0) is 12.8 Å². The third kappa shape index (κ3) is 1.78. The molecule has 0 atom stereocenters. The van der Waals surface area contributed by atoms with E-state index in [1.54, 1.807) is 0 Å². The Hall–Kier alpha value is -0.990. The summed E-state index contributed by atoms with van der Waals surface area (Å²) in [5, 5.41) is 6.98. The Morgan fingerprint density at radius 1 is 1.42 bits per heavy atom. The number of nitrogens with two attached hydrogens (primary N) is 1. The fourth-order valence-corrected chi connectivity index (χ4v) is 1.37. The highest BCUT2D eigenvalue weighted by atomic mass is 15.2. The molecular formula is C9H17N3. The van der Waals surface area contributed by atoms with Gasteiger partial charge in [-0.25, -0.2) is 0 Å². The van der Waals surface area contributed by atoms with Crippen molar-refractivity contribution in [2.24, 2.45) is 0 Å². The molecule has 3 N–H and O–H groups in total. The van der Waals surface area contributed by atoms with Crippen LogP contribution in [0, 0.1) is 0 Å². The van der Waals surface area contributed by atoms with Crippen molar-refractivity contribution in [3.05, 3.63) is 11.3 Å². The Labute approximate surface area is 73.4 Å². The van der Waals surface area contributed by atoms with Crippen LogP contribution >= 0.6 is 0 Å². The number of aromatic amines is 1. The lowest BCUT2D eigenvalue weighted by atomic mass is 10.1. The van der Waals surface area contributed by atoms with E-state index in [0.717, 1.165) is 12.8 Å². The second-order valence-corrected chi connectivity index (χ2v) is 3.02. The minimum atomic E-state index is 0.670. The van der Waals surface area contributed by atoms with Crippen LogP contribution in [0.5, 0.6) is 0 Å². The Balaban J connectivity index is 2.70. The van der Waals surface area contributed by atoms with Crippen molar-refractivity contribution in [3.63, 3.8) is 0 Å². The molecule has 0 radical (unpaired) electrons. The summed E-state index contributed by atoms with van der Waals surface area (Å²) in [7, 11) is 0. The van der Waals surface area contributed by atoms with E-state index in [-0.39, 0.29) is 0 Å². The lowest BCUT2D eigenvalue weighted by Crippen LogP contribution is -1.93. The van der Waals surface area contributed by atoms with Crippen LogP contribution in [0.15, 0.2) is 0 Å². The van der Waals surface area contributed by atoms with Gasteiger partial charge in [-0.1, -0.05) is 20.3 Å². The van der Waals surface area contributed by atoms with E-state index < -0.39 is 0 Å². The molecule has 12 heavy (non-hydrogen) atoms. The van der Waals surface area contributed by atoms with Crippen LogP contribution in [0.1, 0.15) is 37.9 Å². The van der Waals surface area contributed by atoms with Gasteiger partial charge in [-0.15, -0.1) is 0 Å². The molecule has 0 aliphatic carbocycles. The van der Waals surface area contributed by atoms with E-state index in [4.69, 9.17) is 5.73 Å². The Morgan fingerprint density at radius 2 is 2.17 bits per heavy atom. The third-order valence-electron chi connectivity index (χ3n) is 2.12. The minimum Gasteiger partial charge on any atom is -0.382 e. The topological polar surface area (TPSA) is 54.7 Å². The van der Waals surface area contributed by atoms with E-state index >= 15 is 0 Å². The van der Waals surface area contributed by atoms with Crippen LogP contribution in [0.25, 0.3) is 0 Å². The fraction of sp³-hybridized carbons (Fsp3) is 0.667. The third-order valence-corrected chi connectivity index (χ3v) is 2.12. The minimum absolute atomic E-state index is 0.670. The van der Waals surface area contributed by atoms with Gasteiger partial charge in [0.2, 0.25) is 0 Å². The summed E-state index contributed by atoms with van der Waals surface area (Å²) in [6, 6.07) is 0. The van der Waals surface area contributed by atoms with Gasteiger partial charge in [0.05, 0.1) is 0 Å². The molecule has 0 aliphatic heterocycles. The van der Waals surface area contributed by atoms with Gasteiger partial charge in [0.15, 0.2) is 0 Å². The van der Waals surface area contributed by atoms with Crippen molar-refractivity contribution in [2.75, 3.05) is 5.73 Å². The van der Waals surface area contributed by atoms with Crippen molar-refractivity contribution in [1.82, 2.24) is 10.2 Å². The van der Waals surface area contributed by atoms with Gasteiger partial charge in [-0.2, -0.15) is 5.10 Å². The first-order valence-corrected chi connectivity index (χ1v) is 4.61. The van der Waals surface area contributed by atoms with Crippen molar-refractivity contribution in [2.45, 2.75) is 39.5 Å². The van der Waals surface area contributed by atoms with Gasteiger partial charge in [-0.3, -0.25) is 5.10 Å². The number of aryl methyl sites for hydroxylation is 1. The molecule has 0 fully saturated rings. The molecule has 1 aromatic rings. The first-order valence-electron chi connectivity index (χ1n) is 4.61. The molecule has 0 aromatic carbocycles. The van der Waals surface area contributed by atoms with Gasteiger partial charge < -0.3 is 5.73 Å². The highest BCUT2D eigenvalue weighted by Gasteiger charge is 2.06. The summed E-state index contributed by atoms with van der Waals surface area (Å²) >= 11 is 0. The number of nitrogens with one attached hydrogen (secondary N) is 1. The van der Waals surface area contributed by atoms with Crippen LogP contribution in [0.4, 0.5) is 5.82 Å². The summed E-state index contributed by atoms with van der Waals surface area (Å²) < 4.78 is 0. The molecule has 68 valence electrons. The molecule has 0 bridgehead atoms. The maximum Gasteiger partial charge on any atom is 0.148 e. The molecule has 1 rings (SSSR count). The number of aromatic nitrogens is 2. The molecule has 3 nitrogen and oxygen atoms in total. The molecule has 0 unspecified atom stereocenters. The first kappa shape index (κ1) is 9.10. The van der Waals surface area contributed by atoms with Crippen molar-refractivity contribution >= 4 is 5.82 Å². The molecule has 0 saturated heterocycles. The maximum atomic E-state index is 5.68. The number of anilines is 1. The average molecular weight is 167 g/mol. The van der Waals surface area contributed by atoms with Gasteiger partial charge >= 0.3 is 0 Å². The largest absolute Gasteiger partial charge is 0.382 e. The molecule has 1 heterocycles. The number of nitrogens with zero attached hydrogens (tertiary/aromatic N) is 1. The summed E-state index contributed by atoms with van der Waals surface area (Å²) in [4.78, 5) is 0. The smallest absolute Gasteiger partial charge is 0.148 e. The predicted octanol–water partition coefficient (Wildman–Crippen LogP) is 1.90. The number of unbranched alkanes of at least 4 members (excludes halogenated alkanes) is 1. The predicted molar refractivity (Wildman–Crippen MR) is 51.0 cm³/mol. The lowest BCUT2D eigenvalue weighted by Gasteiger charge is -1.98. The number of hydrogen-bond acceptors (Lipinski definition) is 2. The second-order valence-electron chi connectivity index (χ2n) is 3.02. The van der Waals surface area contributed by atoms with Crippen molar-refractivity contribution in [1.29, 1.82) is 0 Å². The molecule has 0 spiro atoms. The fourth-order valence-electron chi connectivity index (χ4n) is 1.37. The van der Waals surface area contributed by atoms with Gasteiger partial charge in [0.1, 0.15) is 5.82 Å². The monoisotopic (exact) mass is 167 g/mol. The number of hydrogen-bond donors (Lipinski definition) is 2. The summed E-state index contributed by atoms with van der Waals surface area (Å²) in [6.07, 6.45) is 4.46. The van der Waals surface area contributed by atoms with Crippen LogP contribution in [-0.4, -0.2) is 10.2 Å². The van der Waals surface area contributed by atoms with Crippen molar-refractivity contribution in [3.8, 4) is 0 Å². The zero-order valence-electron chi connectivity index (χ0n) is 7.85. The van der Waals surface area contributed by atoms with Gasteiger partial charge in [0, 0.05) is 11.3 Å². The van der Waals surface area contributed by atoms with E-state index in [9.17, 15) is 0 Å². The van der Waals surface area contributed by atoms with E-state index in [1.165, 1.54) is 24.1 Å². The highest BCUT2D eigenvalue weighted by molar-refractivity contribution is 5.41. The number of rotatable bonds is 4.